The van der Waals surface area contributed by atoms with Gasteiger partial charge in [0.15, 0.2) is 0 Å². The third-order valence-electron chi connectivity index (χ3n) is 5.04. The Kier molecular flexibility index (Phi) is 32.8. The molecule has 0 aromatic rings. The fourth-order valence-corrected chi connectivity index (χ4v) is 2.62. The molecule has 0 rings (SSSR count). The van der Waals surface area contributed by atoms with E-state index in [9.17, 15) is 54.2 Å². The summed E-state index contributed by atoms with van der Waals surface area (Å²) < 4.78 is 95.2. The third-order valence-corrected chi connectivity index (χ3v) is 5.04. The summed E-state index contributed by atoms with van der Waals surface area (Å²) in [5, 5.41) is 39.6. The largest absolute Gasteiger partial charge is 0.490 e. The number of aliphatic imine (C=N–C) groups is 1. The number of halogens is 9. The van der Waals surface area contributed by atoms with E-state index in [2.05, 4.69) is 26.4 Å². The summed E-state index contributed by atoms with van der Waals surface area (Å²) in [6, 6.07) is 0. The summed E-state index contributed by atoms with van der Waals surface area (Å²) >= 11 is 0. The molecule has 0 aliphatic carbocycles. The maximum absolute atomic E-state index is 11.8. The first-order valence-electron chi connectivity index (χ1n) is 14.5. The van der Waals surface area contributed by atoms with E-state index in [0.29, 0.717) is 19.6 Å². The predicted molar refractivity (Wildman–Crippen MR) is 157 cm³/mol. The molecule has 12 N–H and O–H groups in total. The predicted octanol–water partition coefficient (Wildman–Crippen LogP) is 1.03. The highest BCUT2D eigenvalue weighted by Gasteiger charge is 2.39. The molecule has 1 atom stereocenters. The summed E-state index contributed by atoms with van der Waals surface area (Å²) in [7, 11) is 0. The van der Waals surface area contributed by atoms with Crippen molar-refractivity contribution in [2.24, 2.45) is 16.6 Å². The molecular weight excluding hydrogens is 713 g/mol. The van der Waals surface area contributed by atoms with Crippen molar-refractivity contribution in [3.8, 4) is 0 Å². The van der Waals surface area contributed by atoms with Crippen LogP contribution in [0.4, 0.5) is 39.5 Å². The zero-order chi connectivity index (χ0) is 39.8. The second-order valence-corrected chi connectivity index (χ2v) is 9.32. The summed E-state index contributed by atoms with van der Waals surface area (Å²) in [6.07, 6.45) is -6.62. The normalized spacial score (nSPS) is 11.8. The van der Waals surface area contributed by atoms with Gasteiger partial charge in [0.1, 0.15) is 0 Å². The van der Waals surface area contributed by atoms with Crippen molar-refractivity contribution in [3.63, 3.8) is 0 Å². The minimum Gasteiger partial charge on any atom is -0.475 e. The second-order valence-electron chi connectivity index (χ2n) is 9.32. The number of hydrazine groups is 1. The third kappa shape index (κ3) is 40.2. The number of carbonyl (C=O) groups excluding carboxylic acids is 2. The molecule has 0 aromatic carbocycles. The molecule has 0 bridgehead atoms. The second kappa shape index (κ2) is 31.0. The van der Waals surface area contributed by atoms with Gasteiger partial charge in [-0.15, -0.1) is 0 Å². The Morgan fingerprint density at radius 2 is 0.920 bits per heavy atom. The lowest BCUT2D eigenvalue weighted by Gasteiger charge is -2.12. The highest BCUT2D eigenvalue weighted by molar-refractivity contribution is 6.02. The monoisotopic (exact) mass is 757 g/mol. The van der Waals surface area contributed by atoms with E-state index in [1.165, 1.54) is 6.34 Å². The van der Waals surface area contributed by atoms with Crippen LogP contribution in [-0.2, 0) is 24.0 Å². The molecule has 2 amide bonds. The number of hydrogen-bond acceptors (Lipinski definition) is 10. The van der Waals surface area contributed by atoms with Gasteiger partial charge in [0.25, 0.3) is 11.8 Å². The van der Waals surface area contributed by atoms with Gasteiger partial charge in [-0.1, -0.05) is 25.7 Å². The van der Waals surface area contributed by atoms with E-state index in [0.717, 1.165) is 77.4 Å². The Morgan fingerprint density at radius 1 is 0.600 bits per heavy atom. The quantitative estimate of drug-likeness (QED) is 0.0158. The van der Waals surface area contributed by atoms with Crippen LogP contribution in [0.3, 0.4) is 0 Å². The van der Waals surface area contributed by atoms with Crippen LogP contribution in [0.2, 0.25) is 0 Å². The first kappa shape index (κ1) is 52.8. The number of carboxylic acid groups (broad SMARTS) is 3. The Labute approximate surface area is 280 Å². The molecule has 0 saturated carbocycles. The van der Waals surface area contributed by atoms with Crippen molar-refractivity contribution < 1.29 is 83.9 Å². The van der Waals surface area contributed by atoms with Crippen molar-refractivity contribution in [2.45, 2.75) is 82.4 Å². The number of alkyl halides is 9. The van der Waals surface area contributed by atoms with Crippen LogP contribution in [0.25, 0.3) is 0 Å². The molecule has 296 valence electrons. The van der Waals surface area contributed by atoms with Gasteiger partial charge in [-0.05, 0) is 51.7 Å². The van der Waals surface area contributed by atoms with Crippen molar-refractivity contribution in [3.05, 3.63) is 0 Å². The molecule has 50 heavy (non-hydrogen) atoms. The molecule has 0 saturated heterocycles. The first-order valence-corrected chi connectivity index (χ1v) is 14.5. The molecule has 0 spiro atoms. The number of carbonyl (C=O) groups is 5. The molecule has 0 aromatic heterocycles. The van der Waals surface area contributed by atoms with Gasteiger partial charge in [0, 0.05) is 19.6 Å². The topological polar surface area (TPSA) is 279 Å². The molecule has 16 nitrogen and oxygen atoms in total. The maximum atomic E-state index is 11.8. The van der Waals surface area contributed by atoms with Gasteiger partial charge in [-0.2, -0.15) is 39.5 Å². The van der Waals surface area contributed by atoms with Gasteiger partial charge in [-0.25, -0.2) is 20.2 Å². The van der Waals surface area contributed by atoms with Gasteiger partial charge >= 0.3 is 36.4 Å². The minimum atomic E-state index is -5.08. The smallest absolute Gasteiger partial charge is 0.475 e. The number of amides is 2. The van der Waals surface area contributed by atoms with Crippen LogP contribution in [0.1, 0.15) is 57.8 Å². The Bertz CT molecular complexity index is 914. The average molecular weight is 758 g/mol. The van der Waals surface area contributed by atoms with Gasteiger partial charge in [-0.3, -0.25) is 14.6 Å². The molecular formula is C25H44F9N7O9. The van der Waals surface area contributed by atoms with Crippen molar-refractivity contribution in [2.75, 3.05) is 39.3 Å². The van der Waals surface area contributed by atoms with Crippen molar-refractivity contribution in [1.29, 1.82) is 0 Å². The van der Waals surface area contributed by atoms with E-state index in [-0.39, 0.29) is 0 Å². The van der Waals surface area contributed by atoms with Gasteiger partial charge in [0.2, 0.25) is 6.10 Å². The standard InChI is InChI=1S/C19H41N7O3.3C2HF3O2/c20-10-9-13-22-11-7-8-15-25-19(29)17(27)18(28)24-14-6-4-2-1-3-5-12-23-16-26-21;3*3-2(4,5)1(6)7/h16-17,22,27H,1-15,20-21H2,(H,23,26)(H,24,28)(H,25,29);3*(H,6,7). The molecule has 0 heterocycles. The number of nitrogens with one attached hydrogen (secondary N) is 4. The number of aliphatic carboxylic acids is 3. The number of carboxylic acids is 3. The van der Waals surface area contributed by atoms with E-state index < -0.39 is 54.4 Å². The number of nitrogens with two attached hydrogens (primary N) is 2. The van der Waals surface area contributed by atoms with E-state index in [1.807, 2.05) is 0 Å². The Morgan fingerprint density at radius 3 is 1.28 bits per heavy atom. The van der Waals surface area contributed by atoms with Gasteiger partial charge in [0.05, 0.1) is 6.34 Å². The van der Waals surface area contributed by atoms with Crippen LogP contribution >= 0.6 is 0 Å². The fraction of sp³-hybridized carbons (Fsp3) is 0.760. The van der Waals surface area contributed by atoms with E-state index >= 15 is 0 Å². The maximum Gasteiger partial charge on any atom is 0.490 e. The van der Waals surface area contributed by atoms with Crippen LogP contribution in [-0.4, -0.2) is 120 Å². The molecule has 0 aliphatic heterocycles. The number of nitrogens with zero attached hydrogens (tertiary/aromatic N) is 1. The highest BCUT2D eigenvalue weighted by atomic mass is 19.4. The molecule has 25 heteroatoms. The number of hydrogen-bond donors (Lipinski definition) is 10. The molecule has 0 fully saturated rings. The number of unbranched alkanes of at least 4 members (excludes halogenated alkanes) is 6. The lowest BCUT2D eigenvalue weighted by molar-refractivity contribution is -0.193. The summed E-state index contributed by atoms with van der Waals surface area (Å²) in [5.74, 6) is -4.49. The Hall–Kier alpha value is -3.97. The lowest BCUT2D eigenvalue weighted by atomic mass is 10.1. The molecule has 1 unspecified atom stereocenters. The molecule has 0 radical (unpaired) electrons. The lowest BCUT2D eigenvalue weighted by Crippen LogP contribution is -2.46. The van der Waals surface area contributed by atoms with Crippen LogP contribution < -0.4 is 33.0 Å². The van der Waals surface area contributed by atoms with Crippen molar-refractivity contribution >= 4 is 36.1 Å². The summed E-state index contributed by atoms with van der Waals surface area (Å²) in [5.41, 5.74) is 7.77. The summed E-state index contributed by atoms with van der Waals surface area (Å²) in [6.45, 7) is 4.10. The Balaban J connectivity index is -0.000000403. The van der Waals surface area contributed by atoms with E-state index in [4.69, 9.17) is 41.3 Å². The minimum absolute atomic E-state index is 0.440. The fourth-order valence-electron chi connectivity index (χ4n) is 2.62. The first-order chi connectivity index (χ1) is 23.0. The zero-order valence-electron chi connectivity index (χ0n) is 26.6. The number of aliphatic hydroxyl groups excluding tert-OH is 1. The van der Waals surface area contributed by atoms with E-state index in [1.54, 1.807) is 0 Å². The zero-order valence-corrected chi connectivity index (χ0v) is 26.6. The molecule has 0 aliphatic rings. The summed E-state index contributed by atoms with van der Waals surface area (Å²) in [4.78, 5) is 54.3. The van der Waals surface area contributed by atoms with Crippen molar-refractivity contribution in [1.82, 2.24) is 21.4 Å². The SMILES string of the molecule is NCCCNCCCCNC(=O)C(O)C(=O)NCCCCCCCCN=CNN.O=C(O)C(F)(F)F.O=C(O)C(F)(F)F.O=C(O)C(F)(F)F. The van der Waals surface area contributed by atoms with Crippen LogP contribution in [0, 0.1) is 0 Å². The highest BCUT2D eigenvalue weighted by Crippen LogP contribution is 2.14. The number of rotatable bonds is 20. The van der Waals surface area contributed by atoms with Gasteiger partial charge < -0.3 is 47.5 Å². The van der Waals surface area contributed by atoms with Crippen LogP contribution in [0.15, 0.2) is 4.99 Å². The van der Waals surface area contributed by atoms with Crippen LogP contribution in [0.5, 0.6) is 0 Å². The average Bonchev–Trinajstić information content (AvgIpc) is 3.00. The number of aliphatic hydroxyl groups is 1.